The van der Waals surface area contributed by atoms with Gasteiger partial charge in [0.05, 0.1) is 5.75 Å². The summed E-state index contributed by atoms with van der Waals surface area (Å²) >= 11 is 6.30. The molecule has 1 aromatic carbocycles. The molecular formula is C16H17FN2O5S2. The number of nitrogens with one attached hydrogen (secondary N) is 1. The van der Waals surface area contributed by atoms with Crippen LogP contribution in [0.2, 0.25) is 0 Å². The minimum absolute atomic E-state index is 0.0903. The fourth-order valence-corrected chi connectivity index (χ4v) is 3.10. The van der Waals surface area contributed by atoms with Gasteiger partial charge in [-0.3, -0.25) is 14.5 Å². The first-order chi connectivity index (χ1) is 12.4. The summed E-state index contributed by atoms with van der Waals surface area (Å²) in [6.45, 7) is 1.46. The number of carbonyl (C=O) groups is 3. The smallest absolute Gasteiger partial charge is 0.347 e. The first-order valence-corrected chi connectivity index (χ1v) is 9.09. The van der Waals surface area contributed by atoms with Crippen LogP contribution in [0.5, 0.6) is 5.75 Å². The molecule has 0 bridgehead atoms. The van der Waals surface area contributed by atoms with E-state index in [4.69, 9.17) is 21.7 Å². The zero-order valence-electron chi connectivity index (χ0n) is 13.9. The lowest BCUT2D eigenvalue weighted by Gasteiger charge is -2.16. The third-order valence-electron chi connectivity index (χ3n) is 3.30. The monoisotopic (exact) mass is 400 g/mol. The van der Waals surface area contributed by atoms with E-state index in [0.29, 0.717) is 15.8 Å². The summed E-state index contributed by atoms with van der Waals surface area (Å²) in [5.74, 6) is -1.11. The molecule has 0 spiro atoms. The maximum Gasteiger partial charge on any atom is 0.347 e. The molecule has 1 aliphatic heterocycles. The van der Waals surface area contributed by atoms with E-state index < -0.39 is 30.4 Å². The van der Waals surface area contributed by atoms with Gasteiger partial charge in [-0.2, -0.15) is 0 Å². The summed E-state index contributed by atoms with van der Waals surface area (Å²) in [6.07, 6.45) is -0.954. The van der Waals surface area contributed by atoms with Crippen molar-refractivity contribution in [2.45, 2.75) is 13.0 Å². The van der Waals surface area contributed by atoms with Gasteiger partial charge in [0, 0.05) is 13.1 Å². The van der Waals surface area contributed by atoms with E-state index in [1.54, 1.807) is 0 Å². The predicted octanol–water partition coefficient (Wildman–Crippen LogP) is 1.11. The molecule has 7 nitrogen and oxygen atoms in total. The molecule has 140 valence electrons. The van der Waals surface area contributed by atoms with Gasteiger partial charge in [-0.25, -0.2) is 9.18 Å². The Morgan fingerprint density at radius 1 is 1.38 bits per heavy atom. The van der Waals surface area contributed by atoms with Crippen LogP contribution in [0.4, 0.5) is 4.39 Å². The molecule has 10 heteroatoms. The topological polar surface area (TPSA) is 84.9 Å². The van der Waals surface area contributed by atoms with Crippen LogP contribution in [-0.2, 0) is 19.1 Å². The van der Waals surface area contributed by atoms with Gasteiger partial charge < -0.3 is 14.8 Å². The quantitative estimate of drug-likeness (QED) is 0.517. The minimum atomic E-state index is -0.954. The van der Waals surface area contributed by atoms with Gasteiger partial charge >= 0.3 is 5.97 Å². The van der Waals surface area contributed by atoms with Gasteiger partial charge in [0.2, 0.25) is 5.91 Å². The Morgan fingerprint density at radius 2 is 2.08 bits per heavy atom. The molecule has 26 heavy (non-hydrogen) atoms. The number of halogens is 1. The second kappa shape index (κ2) is 9.48. The van der Waals surface area contributed by atoms with Crippen LogP contribution < -0.4 is 10.1 Å². The van der Waals surface area contributed by atoms with E-state index >= 15 is 0 Å². The van der Waals surface area contributed by atoms with Crippen molar-refractivity contribution < 1.29 is 28.2 Å². The lowest BCUT2D eigenvalue weighted by molar-refractivity contribution is -0.154. The van der Waals surface area contributed by atoms with Gasteiger partial charge in [-0.1, -0.05) is 24.0 Å². The molecule has 1 aliphatic rings. The highest BCUT2D eigenvalue weighted by molar-refractivity contribution is 8.23. The summed E-state index contributed by atoms with van der Waals surface area (Å²) in [5, 5.41) is 2.54. The Kier molecular flexibility index (Phi) is 7.34. The maximum absolute atomic E-state index is 12.8. The lowest BCUT2D eigenvalue weighted by atomic mass is 10.3. The molecule has 2 rings (SSSR count). The van der Waals surface area contributed by atoms with Crippen LogP contribution in [-0.4, -0.2) is 58.6 Å². The Hall–Kier alpha value is -2.20. The summed E-state index contributed by atoms with van der Waals surface area (Å²) < 4.78 is 23.5. The normalized spacial score (nSPS) is 14.9. The molecule has 0 aliphatic carbocycles. The van der Waals surface area contributed by atoms with Crippen LogP contribution in [0.3, 0.4) is 0 Å². The minimum Gasteiger partial charge on any atom is -0.479 e. The SMILES string of the molecule is C[C@H](Oc1ccc(F)cc1)C(=O)OCC(=O)NCCN1C(=O)CSC1=S. The highest BCUT2D eigenvalue weighted by atomic mass is 32.2. The Balaban J connectivity index is 1.66. The van der Waals surface area contributed by atoms with E-state index in [9.17, 15) is 18.8 Å². The fourth-order valence-electron chi connectivity index (χ4n) is 1.97. The highest BCUT2D eigenvalue weighted by Gasteiger charge is 2.26. The van der Waals surface area contributed by atoms with Crippen LogP contribution in [0.15, 0.2) is 24.3 Å². The molecule has 0 radical (unpaired) electrons. The number of carbonyl (C=O) groups excluding carboxylic acids is 3. The number of thiocarbonyl (C=S) groups is 1. The van der Waals surface area contributed by atoms with Crippen molar-refractivity contribution in [3.05, 3.63) is 30.1 Å². The number of hydrogen-bond acceptors (Lipinski definition) is 7. The van der Waals surface area contributed by atoms with Crippen molar-refractivity contribution in [2.75, 3.05) is 25.4 Å². The molecule has 0 unspecified atom stereocenters. The number of hydrogen-bond donors (Lipinski definition) is 1. The molecule has 0 aromatic heterocycles. The Bertz CT molecular complexity index is 682. The average molecular weight is 400 g/mol. The van der Waals surface area contributed by atoms with Gasteiger partial charge in [0.1, 0.15) is 15.9 Å². The molecule has 1 N–H and O–H groups in total. The molecule has 1 aromatic rings. The highest BCUT2D eigenvalue weighted by Crippen LogP contribution is 2.18. The number of rotatable bonds is 8. The molecule has 1 atom stereocenters. The zero-order valence-corrected chi connectivity index (χ0v) is 15.5. The number of nitrogens with zero attached hydrogens (tertiary/aromatic N) is 1. The number of ether oxygens (including phenoxy) is 2. The van der Waals surface area contributed by atoms with Crippen molar-refractivity contribution in [1.82, 2.24) is 10.2 Å². The van der Waals surface area contributed by atoms with E-state index in [-0.39, 0.29) is 19.0 Å². The summed E-state index contributed by atoms with van der Waals surface area (Å²) in [4.78, 5) is 36.4. The van der Waals surface area contributed by atoms with Crippen LogP contribution >= 0.6 is 24.0 Å². The van der Waals surface area contributed by atoms with E-state index in [1.807, 2.05) is 0 Å². The summed E-state index contributed by atoms with van der Waals surface area (Å²) in [7, 11) is 0. The van der Waals surface area contributed by atoms with Gasteiger partial charge in [-0.15, -0.1) is 0 Å². The maximum atomic E-state index is 12.8. The van der Waals surface area contributed by atoms with Crippen molar-refractivity contribution >= 4 is 46.1 Å². The summed E-state index contributed by atoms with van der Waals surface area (Å²) in [5.41, 5.74) is 0. The Labute approximate surface area is 159 Å². The molecule has 0 saturated carbocycles. The van der Waals surface area contributed by atoms with Gasteiger partial charge in [-0.05, 0) is 31.2 Å². The van der Waals surface area contributed by atoms with Crippen molar-refractivity contribution in [3.8, 4) is 5.75 Å². The second-order valence-corrected chi connectivity index (χ2v) is 6.88. The van der Waals surface area contributed by atoms with Crippen molar-refractivity contribution in [1.29, 1.82) is 0 Å². The molecular weight excluding hydrogens is 383 g/mol. The van der Waals surface area contributed by atoms with E-state index in [2.05, 4.69) is 5.32 Å². The Morgan fingerprint density at radius 3 is 2.69 bits per heavy atom. The van der Waals surface area contributed by atoms with Crippen molar-refractivity contribution in [3.63, 3.8) is 0 Å². The average Bonchev–Trinajstić information content (AvgIpc) is 2.93. The van der Waals surface area contributed by atoms with Crippen LogP contribution in [0.25, 0.3) is 0 Å². The fraction of sp³-hybridized carbons (Fsp3) is 0.375. The standard InChI is InChI=1S/C16H17FN2O5S2/c1-10(24-12-4-2-11(17)3-5-12)15(22)23-8-13(20)18-6-7-19-14(21)9-26-16(19)25/h2-5,10H,6-9H2,1H3,(H,18,20)/t10-/m0/s1. The first kappa shape index (κ1) is 20.1. The predicted molar refractivity (Wildman–Crippen MR) is 97.2 cm³/mol. The largest absolute Gasteiger partial charge is 0.479 e. The van der Waals surface area contributed by atoms with Gasteiger partial charge in [0.15, 0.2) is 12.7 Å². The third kappa shape index (κ3) is 5.95. The number of esters is 1. The van der Waals surface area contributed by atoms with E-state index in [0.717, 1.165) is 0 Å². The molecule has 1 fully saturated rings. The third-order valence-corrected chi connectivity index (χ3v) is 4.73. The van der Waals surface area contributed by atoms with E-state index in [1.165, 1.54) is 47.9 Å². The van der Waals surface area contributed by atoms with Gasteiger partial charge in [0.25, 0.3) is 5.91 Å². The first-order valence-electron chi connectivity index (χ1n) is 7.69. The number of benzene rings is 1. The number of thioether (sulfide) groups is 1. The van der Waals surface area contributed by atoms with Crippen LogP contribution in [0.1, 0.15) is 6.92 Å². The molecule has 1 heterocycles. The molecule has 1 saturated heterocycles. The molecule has 2 amide bonds. The lowest BCUT2D eigenvalue weighted by Crippen LogP contribution is -2.39. The summed E-state index contributed by atoms with van der Waals surface area (Å²) in [6, 6.07) is 5.18. The van der Waals surface area contributed by atoms with Crippen LogP contribution in [0, 0.1) is 5.82 Å². The number of amides is 2. The van der Waals surface area contributed by atoms with Crippen molar-refractivity contribution in [2.24, 2.45) is 0 Å². The zero-order chi connectivity index (χ0) is 19.1. The second-order valence-electron chi connectivity index (χ2n) is 5.27.